The Labute approximate surface area is 160 Å². The molecule has 2 rings (SSSR count). The highest BCUT2D eigenvalue weighted by Crippen LogP contribution is 2.22. The lowest BCUT2D eigenvalue weighted by Gasteiger charge is -2.20. The third-order valence-corrected chi connectivity index (χ3v) is 5.08. The number of H-pyrrole nitrogens is 1. The van der Waals surface area contributed by atoms with Crippen LogP contribution in [0, 0.1) is 0 Å². The smallest absolute Gasteiger partial charge is 0.330 e. The summed E-state index contributed by atoms with van der Waals surface area (Å²) >= 11 is 7.16. The summed E-state index contributed by atoms with van der Waals surface area (Å²) in [5.74, 6) is -0.187. The van der Waals surface area contributed by atoms with Crippen molar-refractivity contribution in [3.8, 4) is 0 Å². The van der Waals surface area contributed by atoms with Crippen LogP contribution in [0.25, 0.3) is 0 Å². The number of thioether (sulfide) groups is 1. The number of aromatic nitrogens is 2. The van der Waals surface area contributed by atoms with Gasteiger partial charge in [-0.2, -0.15) is 0 Å². The average Bonchev–Trinajstić information content (AvgIpc) is 2.60. The molecule has 0 aliphatic carbocycles. The van der Waals surface area contributed by atoms with Crippen molar-refractivity contribution in [3.05, 3.63) is 50.1 Å². The minimum Gasteiger partial charge on any atom is -0.383 e. The van der Waals surface area contributed by atoms with Crippen LogP contribution in [0.2, 0.25) is 5.02 Å². The molecule has 0 spiro atoms. The number of unbranched alkanes of at least 4 members (excludes halogenated alkanes) is 1. The van der Waals surface area contributed by atoms with E-state index < -0.39 is 11.2 Å². The molecule has 0 bridgehead atoms. The van der Waals surface area contributed by atoms with Crippen LogP contribution in [0.1, 0.15) is 19.8 Å². The number of aromatic amines is 1. The fourth-order valence-electron chi connectivity index (χ4n) is 2.34. The fraction of sp³-hybridized carbons (Fsp3) is 0.353. The van der Waals surface area contributed by atoms with Gasteiger partial charge in [0.1, 0.15) is 5.82 Å². The zero-order valence-electron chi connectivity index (χ0n) is 14.6. The van der Waals surface area contributed by atoms with E-state index in [1.54, 1.807) is 12.1 Å². The second-order valence-corrected chi connectivity index (χ2v) is 7.18. The highest BCUT2D eigenvalue weighted by Gasteiger charge is 2.20. The maximum atomic E-state index is 12.5. The molecule has 0 unspecified atom stereocenters. The Morgan fingerprint density at radius 3 is 2.58 bits per heavy atom. The first-order chi connectivity index (χ1) is 12.3. The van der Waals surface area contributed by atoms with E-state index in [1.165, 1.54) is 28.3 Å². The van der Waals surface area contributed by atoms with E-state index in [9.17, 15) is 14.4 Å². The molecule has 1 amide bonds. The van der Waals surface area contributed by atoms with Crippen LogP contribution in [-0.4, -0.2) is 28.3 Å². The topological polar surface area (TPSA) is 101 Å². The van der Waals surface area contributed by atoms with Crippen molar-refractivity contribution in [2.45, 2.75) is 31.2 Å². The molecular formula is C17H21ClN4O3S. The van der Waals surface area contributed by atoms with E-state index in [4.69, 9.17) is 17.3 Å². The second kappa shape index (κ2) is 8.95. The van der Waals surface area contributed by atoms with Gasteiger partial charge in [0.15, 0.2) is 5.69 Å². The van der Waals surface area contributed by atoms with Gasteiger partial charge in [-0.3, -0.25) is 19.1 Å². The molecule has 1 aromatic carbocycles. The number of hydrogen-bond donors (Lipinski definition) is 2. The maximum absolute atomic E-state index is 12.5. The highest BCUT2D eigenvalue weighted by atomic mass is 35.5. The summed E-state index contributed by atoms with van der Waals surface area (Å²) in [6, 6.07) is 7.10. The largest absolute Gasteiger partial charge is 0.383 e. The third-order valence-electron chi connectivity index (χ3n) is 3.83. The number of carbonyl (C=O) groups excluding carboxylic acids is 1. The lowest BCUT2D eigenvalue weighted by Crippen LogP contribution is -2.39. The van der Waals surface area contributed by atoms with Gasteiger partial charge in [-0.05, 0) is 30.7 Å². The standard InChI is InChI=1S/C17H21ClN4O3S/c1-3-4-9-22-15(19)14(16(24)20-17(22)25)21(2)13(23)10-26-12-7-5-11(18)6-8-12/h5-8H,3-4,9-10,19H2,1-2H3,(H,20,24,25). The minimum atomic E-state index is -0.674. The number of nitrogen functional groups attached to an aromatic ring is 1. The number of benzene rings is 1. The van der Waals surface area contributed by atoms with Crippen molar-refractivity contribution in [1.82, 2.24) is 9.55 Å². The van der Waals surface area contributed by atoms with E-state index in [-0.39, 0.29) is 23.2 Å². The molecular weight excluding hydrogens is 376 g/mol. The number of nitrogens with zero attached hydrogens (tertiary/aromatic N) is 2. The Kier molecular flexibility index (Phi) is 6.93. The number of hydrogen-bond acceptors (Lipinski definition) is 5. The van der Waals surface area contributed by atoms with Crippen molar-refractivity contribution in [2.24, 2.45) is 0 Å². The van der Waals surface area contributed by atoms with E-state index in [2.05, 4.69) is 4.98 Å². The van der Waals surface area contributed by atoms with Crippen LogP contribution in [0.4, 0.5) is 11.5 Å². The minimum absolute atomic E-state index is 0.000423. The average molecular weight is 397 g/mol. The van der Waals surface area contributed by atoms with Crippen molar-refractivity contribution >= 4 is 40.8 Å². The lowest BCUT2D eigenvalue weighted by atomic mass is 10.3. The van der Waals surface area contributed by atoms with Crippen LogP contribution in [0.3, 0.4) is 0 Å². The normalized spacial score (nSPS) is 10.7. The number of carbonyl (C=O) groups is 1. The summed E-state index contributed by atoms with van der Waals surface area (Å²) in [4.78, 5) is 40.9. The van der Waals surface area contributed by atoms with E-state index in [0.29, 0.717) is 11.6 Å². The Hall–Kier alpha value is -2.19. The zero-order chi connectivity index (χ0) is 19.3. The first-order valence-corrected chi connectivity index (χ1v) is 9.49. The molecule has 3 N–H and O–H groups in total. The van der Waals surface area contributed by atoms with Crippen molar-refractivity contribution in [3.63, 3.8) is 0 Å². The molecule has 0 aliphatic rings. The fourth-order valence-corrected chi connectivity index (χ4v) is 3.28. The van der Waals surface area contributed by atoms with Gasteiger partial charge >= 0.3 is 5.69 Å². The number of nitrogens with one attached hydrogen (secondary N) is 1. The summed E-state index contributed by atoms with van der Waals surface area (Å²) in [5, 5.41) is 0.617. The van der Waals surface area contributed by atoms with Gasteiger partial charge in [0.2, 0.25) is 5.91 Å². The lowest BCUT2D eigenvalue weighted by molar-refractivity contribution is -0.115. The molecule has 1 heterocycles. The maximum Gasteiger partial charge on any atom is 0.330 e. The van der Waals surface area contributed by atoms with E-state index in [0.717, 1.165) is 17.7 Å². The molecule has 7 nitrogen and oxygen atoms in total. The van der Waals surface area contributed by atoms with Gasteiger partial charge in [0.05, 0.1) is 5.75 Å². The van der Waals surface area contributed by atoms with Crippen LogP contribution < -0.4 is 21.9 Å². The number of anilines is 2. The van der Waals surface area contributed by atoms with Crippen molar-refractivity contribution < 1.29 is 4.79 Å². The van der Waals surface area contributed by atoms with E-state index >= 15 is 0 Å². The number of rotatable bonds is 7. The van der Waals surface area contributed by atoms with Crippen LogP contribution in [0.15, 0.2) is 38.8 Å². The SMILES string of the molecule is CCCCn1c(N)c(N(C)C(=O)CSc2ccc(Cl)cc2)c(=O)[nH]c1=O. The van der Waals surface area contributed by atoms with Crippen LogP contribution >= 0.6 is 23.4 Å². The zero-order valence-corrected chi connectivity index (χ0v) is 16.2. The van der Waals surface area contributed by atoms with Crippen LogP contribution in [0.5, 0.6) is 0 Å². The first-order valence-electron chi connectivity index (χ1n) is 8.12. The monoisotopic (exact) mass is 396 g/mol. The molecule has 1 aromatic heterocycles. The molecule has 0 saturated carbocycles. The van der Waals surface area contributed by atoms with Crippen molar-refractivity contribution in [1.29, 1.82) is 0 Å². The summed E-state index contributed by atoms with van der Waals surface area (Å²) < 4.78 is 1.29. The summed E-state index contributed by atoms with van der Waals surface area (Å²) in [7, 11) is 1.47. The van der Waals surface area contributed by atoms with Gasteiger partial charge in [-0.15, -0.1) is 11.8 Å². The van der Waals surface area contributed by atoms with Crippen LogP contribution in [-0.2, 0) is 11.3 Å². The Morgan fingerprint density at radius 1 is 1.31 bits per heavy atom. The quantitative estimate of drug-likeness (QED) is 0.699. The summed E-state index contributed by atoms with van der Waals surface area (Å²) in [6.45, 7) is 2.37. The molecule has 0 saturated heterocycles. The molecule has 0 radical (unpaired) electrons. The molecule has 2 aromatic rings. The third kappa shape index (κ3) is 4.70. The highest BCUT2D eigenvalue weighted by molar-refractivity contribution is 8.00. The second-order valence-electron chi connectivity index (χ2n) is 5.69. The molecule has 9 heteroatoms. The summed E-state index contributed by atoms with van der Waals surface area (Å²) in [6.07, 6.45) is 1.60. The van der Waals surface area contributed by atoms with Gasteiger partial charge in [-0.1, -0.05) is 24.9 Å². The Morgan fingerprint density at radius 2 is 1.96 bits per heavy atom. The molecule has 140 valence electrons. The number of amides is 1. The molecule has 26 heavy (non-hydrogen) atoms. The van der Waals surface area contributed by atoms with Gasteiger partial charge in [-0.25, -0.2) is 4.79 Å². The summed E-state index contributed by atoms with van der Waals surface area (Å²) in [5.41, 5.74) is 4.76. The van der Waals surface area contributed by atoms with Gasteiger partial charge < -0.3 is 10.6 Å². The predicted molar refractivity (Wildman–Crippen MR) is 106 cm³/mol. The molecule has 0 aliphatic heterocycles. The Balaban J connectivity index is 2.20. The number of nitrogens with two attached hydrogens (primary N) is 1. The van der Waals surface area contributed by atoms with E-state index in [1.807, 2.05) is 19.1 Å². The van der Waals surface area contributed by atoms with Crippen molar-refractivity contribution in [2.75, 3.05) is 23.4 Å². The van der Waals surface area contributed by atoms with Gasteiger partial charge in [0.25, 0.3) is 5.56 Å². The first kappa shape index (κ1) is 20.1. The predicted octanol–water partition coefficient (Wildman–Crippen LogP) is 2.33. The van der Waals surface area contributed by atoms with Gasteiger partial charge in [0, 0.05) is 23.5 Å². The molecule has 0 atom stereocenters. The number of halogens is 1. The molecule has 0 fully saturated rings. The Bertz CT molecular complexity index is 892.